The highest BCUT2D eigenvalue weighted by Gasteiger charge is 2.32. The summed E-state index contributed by atoms with van der Waals surface area (Å²) in [7, 11) is 3.54. The van der Waals surface area contributed by atoms with Crippen molar-refractivity contribution in [1.82, 2.24) is 4.90 Å². The van der Waals surface area contributed by atoms with E-state index in [1.165, 1.54) is 64.2 Å². The van der Waals surface area contributed by atoms with Crippen molar-refractivity contribution in [2.75, 3.05) is 47.4 Å². The van der Waals surface area contributed by atoms with Crippen molar-refractivity contribution in [1.29, 1.82) is 0 Å². The number of rotatable bonds is 21. The highest BCUT2D eigenvalue weighted by molar-refractivity contribution is 5.77. The van der Waals surface area contributed by atoms with E-state index < -0.39 is 31.0 Å². The minimum Gasteiger partial charge on any atom is -0.394 e. The highest BCUT2D eigenvalue weighted by atomic mass is 16.4. The van der Waals surface area contributed by atoms with Gasteiger partial charge in [0.05, 0.1) is 27.2 Å². The molecule has 0 saturated heterocycles. The summed E-state index contributed by atoms with van der Waals surface area (Å²) in [5, 5.41) is 48.1. The first-order chi connectivity index (χ1) is 16.1. The van der Waals surface area contributed by atoms with Crippen molar-refractivity contribution in [3.05, 3.63) is 0 Å². The fourth-order valence-corrected chi connectivity index (χ4v) is 3.92. The first kappa shape index (κ1) is 30.3. The molecule has 198 valence electrons. The fraction of sp³-hybridized carbons (Fsp3) is 0.960. The van der Waals surface area contributed by atoms with E-state index in [-0.39, 0.29) is 26.0 Å². The number of carbonyl (C=O) groups excluding carboxylic acids is 1. The number of nitrogens with zero attached hydrogens (tertiary/aromatic N) is 2. The van der Waals surface area contributed by atoms with E-state index in [2.05, 4.69) is 6.92 Å². The van der Waals surface area contributed by atoms with E-state index in [4.69, 9.17) is 6.48 Å². The second-order valence-electron chi connectivity index (χ2n) is 10.1. The highest BCUT2D eigenvalue weighted by Crippen LogP contribution is 2.13. The van der Waals surface area contributed by atoms with Crippen molar-refractivity contribution < 1.29 is 36.2 Å². The van der Waals surface area contributed by atoms with E-state index in [9.17, 15) is 25.2 Å². The van der Waals surface area contributed by atoms with Crippen molar-refractivity contribution in [3.8, 4) is 0 Å². The van der Waals surface area contributed by atoms with Gasteiger partial charge in [0.1, 0.15) is 24.4 Å². The van der Waals surface area contributed by atoms with Gasteiger partial charge in [-0.15, -0.1) is 0 Å². The lowest BCUT2D eigenvalue weighted by atomic mass is 10.0. The van der Waals surface area contributed by atoms with Crippen LogP contribution in [0.2, 0.25) is 0 Å². The lowest BCUT2D eigenvalue weighted by Crippen LogP contribution is -2.52. The molecule has 0 fully saturated rings. The van der Waals surface area contributed by atoms with Gasteiger partial charge in [-0.3, -0.25) is 4.79 Å². The zero-order chi connectivity index (χ0) is 26.0. The maximum Gasteiger partial charge on any atom is 0.277 e. The van der Waals surface area contributed by atoms with Crippen molar-refractivity contribution in [2.24, 2.45) is 0 Å². The second-order valence-corrected chi connectivity index (χ2v) is 10.1. The zero-order valence-electron chi connectivity index (χ0n) is 22.4. The van der Waals surface area contributed by atoms with Gasteiger partial charge in [0.2, 0.25) is 0 Å². The Hall–Kier alpha value is -0.770. The van der Waals surface area contributed by atoms with Crippen molar-refractivity contribution in [2.45, 2.75) is 108 Å². The van der Waals surface area contributed by atoms with E-state index in [0.717, 1.165) is 24.3 Å². The van der Waals surface area contributed by atoms with Crippen LogP contribution in [0.15, 0.2) is 0 Å². The Morgan fingerprint density at radius 3 is 1.73 bits per heavy atom. The van der Waals surface area contributed by atoms with Gasteiger partial charge < -0.3 is 34.9 Å². The van der Waals surface area contributed by atoms with Gasteiger partial charge in [0, 0.05) is 14.9 Å². The van der Waals surface area contributed by atoms with Gasteiger partial charge >= 0.3 is 0 Å². The zero-order valence-corrected chi connectivity index (χ0v) is 21.4. The molecule has 0 spiro atoms. The maximum absolute atomic E-state index is 12.7. The van der Waals surface area contributed by atoms with Gasteiger partial charge in [0.25, 0.3) is 5.91 Å². The van der Waals surface area contributed by atoms with Crippen LogP contribution in [0.3, 0.4) is 0 Å². The summed E-state index contributed by atoms with van der Waals surface area (Å²) in [6.07, 6.45) is 8.67. The second kappa shape index (κ2) is 18.5. The third kappa shape index (κ3) is 15.7. The van der Waals surface area contributed by atoms with Crippen LogP contribution in [0.25, 0.3) is 0 Å². The van der Waals surface area contributed by atoms with Gasteiger partial charge in [-0.2, -0.15) is 0 Å². The van der Waals surface area contributed by atoms with E-state index >= 15 is 0 Å². The third-order valence-electron chi connectivity index (χ3n) is 6.27. The quantitative estimate of drug-likeness (QED) is 0.126. The SMILES string of the molecule is [2H]CN(C[C@H](O)[C@@H](O)[C@H](O)[C@H](O)CO)C(=O)C[N+](C)(C)CCCCCCCCCCCCCC. The van der Waals surface area contributed by atoms with Crippen LogP contribution >= 0.6 is 0 Å². The Kier molecular flexibility index (Phi) is 17.0. The molecular weight excluding hydrogens is 424 g/mol. The van der Waals surface area contributed by atoms with Crippen LogP contribution in [0, 0.1) is 0 Å². The Labute approximate surface area is 203 Å². The molecule has 8 nitrogen and oxygen atoms in total. The summed E-state index contributed by atoms with van der Waals surface area (Å²) >= 11 is 0. The number of carbonyl (C=O) groups is 1. The maximum atomic E-state index is 12.7. The average molecular weight is 479 g/mol. The van der Waals surface area contributed by atoms with Crippen LogP contribution in [-0.4, -0.2) is 113 Å². The number of aliphatic hydroxyl groups is 5. The smallest absolute Gasteiger partial charge is 0.277 e. The molecule has 4 atom stereocenters. The van der Waals surface area contributed by atoms with Crippen LogP contribution < -0.4 is 0 Å². The molecule has 0 radical (unpaired) electrons. The van der Waals surface area contributed by atoms with Crippen LogP contribution in [0.1, 0.15) is 85.3 Å². The molecule has 0 aromatic carbocycles. The minimum absolute atomic E-state index is 0.168. The normalized spacial score (nSPS) is 16.2. The Bertz CT molecular complexity index is 512. The standard InChI is InChI=1S/C25H53N2O6/c1-5-6-7-8-9-10-11-12-13-14-15-16-17-27(3,4)19-23(31)26(2)18-21(29)24(32)25(33)22(30)20-28/h21-22,24-25,28-30,32-33H,5-20H2,1-4H3/q+1/t21-,22+,24+,25+/m0/s1/i2D. The summed E-state index contributed by atoms with van der Waals surface area (Å²) in [5.74, 6) is -0.317. The molecular formula is C25H53N2O6+. The summed E-state index contributed by atoms with van der Waals surface area (Å²) in [6.45, 7) is 2.14. The fourth-order valence-electron chi connectivity index (χ4n) is 3.92. The third-order valence-corrected chi connectivity index (χ3v) is 6.27. The number of amides is 1. The van der Waals surface area contributed by atoms with Crippen molar-refractivity contribution >= 4 is 5.91 Å². The molecule has 0 aliphatic carbocycles. The largest absolute Gasteiger partial charge is 0.394 e. The molecule has 8 heteroatoms. The van der Waals surface area contributed by atoms with Crippen LogP contribution in [-0.2, 0) is 4.79 Å². The predicted molar refractivity (Wildman–Crippen MR) is 132 cm³/mol. The van der Waals surface area contributed by atoms with Gasteiger partial charge in [0.15, 0.2) is 6.54 Å². The Morgan fingerprint density at radius 1 is 0.818 bits per heavy atom. The molecule has 0 aromatic rings. The first-order valence-corrected chi connectivity index (χ1v) is 12.8. The summed E-state index contributed by atoms with van der Waals surface area (Å²) in [6, 6.07) is 0. The number of likely N-dealkylation sites (N-methyl/N-ethyl adjacent to an activating group) is 2. The minimum atomic E-state index is -1.75. The Balaban J connectivity index is 4.16. The topological polar surface area (TPSA) is 121 Å². The van der Waals surface area contributed by atoms with Crippen LogP contribution in [0.5, 0.6) is 0 Å². The average Bonchev–Trinajstić information content (AvgIpc) is 2.80. The molecule has 0 heterocycles. The van der Waals surface area contributed by atoms with Gasteiger partial charge in [-0.1, -0.05) is 71.1 Å². The number of quaternary nitrogens is 1. The van der Waals surface area contributed by atoms with Gasteiger partial charge in [-0.25, -0.2) is 0 Å². The lowest BCUT2D eigenvalue weighted by molar-refractivity contribution is -0.883. The number of hydrogen-bond donors (Lipinski definition) is 5. The number of hydrogen-bond acceptors (Lipinski definition) is 6. The summed E-state index contributed by atoms with van der Waals surface area (Å²) < 4.78 is 8.09. The molecule has 0 aliphatic heterocycles. The number of aliphatic hydroxyl groups excluding tert-OH is 5. The molecule has 0 unspecified atom stereocenters. The molecule has 0 saturated carbocycles. The van der Waals surface area contributed by atoms with Gasteiger partial charge in [-0.05, 0) is 12.8 Å². The predicted octanol–water partition coefficient (Wildman–Crippen LogP) is 1.66. The monoisotopic (exact) mass is 478 g/mol. The molecule has 0 bridgehead atoms. The molecule has 0 aliphatic rings. The number of unbranched alkanes of at least 4 members (excludes halogenated alkanes) is 11. The summed E-state index contributed by atoms with van der Waals surface area (Å²) in [5.41, 5.74) is 0. The molecule has 0 rings (SSSR count). The lowest BCUT2D eigenvalue weighted by Gasteiger charge is -2.32. The summed E-state index contributed by atoms with van der Waals surface area (Å²) in [4.78, 5) is 13.8. The van der Waals surface area contributed by atoms with Crippen molar-refractivity contribution in [3.63, 3.8) is 0 Å². The molecule has 5 N–H and O–H groups in total. The molecule has 1 amide bonds. The van der Waals surface area contributed by atoms with Crippen LogP contribution in [0.4, 0.5) is 0 Å². The first-order valence-electron chi connectivity index (χ1n) is 13.5. The molecule has 33 heavy (non-hydrogen) atoms. The van der Waals surface area contributed by atoms with E-state index in [1.807, 2.05) is 14.1 Å². The van der Waals surface area contributed by atoms with E-state index in [0.29, 0.717) is 4.48 Å². The van der Waals surface area contributed by atoms with E-state index in [1.54, 1.807) is 0 Å². The Morgan fingerprint density at radius 2 is 1.27 bits per heavy atom. The molecule has 0 aromatic heterocycles.